The molecule has 0 amide bonds. The second-order valence-corrected chi connectivity index (χ2v) is 16.8. The van der Waals surface area contributed by atoms with Crippen LogP contribution in [0, 0.1) is 0 Å². The summed E-state index contributed by atoms with van der Waals surface area (Å²) in [7, 11) is 0. The Hall–Kier alpha value is -5.48. The van der Waals surface area contributed by atoms with Crippen molar-refractivity contribution in [1.29, 1.82) is 0 Å². The Bertz CT molecular complexity index is 2610. The average molecular weight is 696 g/mol. The van der Waals surface area contributed by atoms with Crippen LogP contribution in [0.1, 0.15) is 96.4 Å². The second-order valence-electron chi connectivity index (χ2n) is 16.8. The highest BCUT2D eigenvalue weighted by molar-refractivity contribution is 6.09. The smallest absolute Gasteiger partial charge is 0.250 e. The van der Waals surface area contributed by atoms with Crippen molar-refractivity contribution in [3.8, 4) is 22.6 Å². The lowest BCUT2D eigenvalue weighted by atomic mass is 9.77. The fraction of sp³-hybridized carbons (Fsp3) is 0.265. The molecule has 0 aliphatic carbocycles. The molecule has 0 atom stereocenters. The summed E-state index contributed by atoms with van der Waals surface area (Å²) in [6.07, 6.45) is 4.24. The van der Waals surface area contributed by atoms with E-state index in [0.29, 0.717) is 11.8 Å². The van der Waals surface area contributed by atoms with E-state index in [1.54, 1.807) is 0 Å². The number of nitrogens with zero attached hydrogens (tertiary/aromatic N) is 4. The molecule has 0 aliphatic heterocycles. The molecule has 0 unspecified atom stereocenters. The van der Waals surface area contributed by atoms with Crippen molar-refractivity contribution in [1.82, 2.24) is 14.1 Å². The first-order valence-corrected chi connectivity index (χ1v) is 19.1. The normalized spacial score (nSPS) is 12.6. The molecule has 0 saturated heterocycles. The fourth-order valence-corrected chi connectivity index (χ4v) is 8.25. The monoisotopic (exact) mass is 695 g/mol. The summed E-state index contributed by atoms with van der Waals surface area (Å²) < 4.78 is 7.08. The van der Waals surface area contributed by atoms with E-state index in [4.69, 9.17) is 4.98 Å². The average Bonchev–Trinajstić information content (AvgIpc) is 3.71. The molecule has 53 heavy (non-hydrogen) atoms. The van der Waals surface area contributed by atoms with Gasteiger partial charge in [-0.2, -0.15) is 4.57 Å². The number of hydrogen-bond donors (Lipinski definition) is 0. The van der Waals surface area contributed by atoms with Gasteiger partial charge in [-0.05, 0) is 115 Å². The molecular formula is C49H51N4+. The maximum atomic E-state index is 5.05. The predicted molar refractivity (Wildman–Crippen MR) is 223 cm³/mol. The van der Waals surface area contributed by atoms with Crippen LogP contribution >= 0.6 is 0 Å². The maximum Gasteiger partial charge on any atom is 0.250 e. The summed E-state index contributed by atoms with van der Waals surface area (Å²) in [5, 5.41) is 2.47. The lowest BCUT2D eigenvalue weighted by molar-refractivity contribution is -0.731. The number of rotatable bonds is 7. The first kappa shape index (κ1) is 34.6. The van der Waals surface area contributed by atoms with Gasteiger partial charge >= 0.3 is 0 Å². The van der Waals surface area contributed by atoms with Crippen molar-refractivity contribution in [3.05, 3.63) is 156 Å². The third kappa shape index (κ3) is 5.85. The van der Waals surface area contributed by atoms with Crippen LogP contribution in [0.15, 0.2) is 134 Å². The van der Waals surface area contributed by atoms with E-state index < -0.39 is 0 Å². The number of fused-ring (bicyclic) bond motifs is 4. The molecule has 0 radical (unpaired) electrons. The molecule has 4 heteroatoms. The first-order valence-electron chi connectivity index (χ1n) is 19.1. The Morgan fingerprint density at radius 1 is 0.585 bits per heavy atom. The molecule has 3 aromatic heterocycles. The summed E-state index contributed by atoms with van der Waals surface area (Å²) in [5.41, 5.74) is 13.5. The summed E-state index contributed by atoms with van der Waals surface area (Å²) in [6, 6.07) is 44.8. The van der Waals surface area contributed by atoms with Crippen molar-refractivity contribution < 1.29 is 4.57 Å². The SMILES string of the molecule is CC(C)c1cccc(C(C)C)c1-c1ccnc(-n2c3ccccc3c3ccc(C(C)(C)c4cccc(-n5c[n+](C(C)(C)C)c6ccccc65)c4)cc32)c1. The van der Waals surface area contributed by atoms with Gasteiger partial charge in [0.15, 0.2) is 11.0 Å². The minimum absolute atomic E-state index is 0.0432. The molecule has 0 N–H and O–H groups in total. The molecule has 4 nitrogen and oxygen atoms in total. The van der Waals surface area contributed by atoms with Gasteiger partial charge in [-0.25, -0.2) is 9.55 Å². The molecule has 8 rings (SSSR count). The van der Waals surface area contributed by atoms with Crippen molar-refractivity contribution in [2.45, 2.75) is 85.1 Å². The van der Waals surface area contributed by atoms with Crippen molar-refractivity contribution in [2.24, 2.45) is 0 Å². The molecule has 266 valence electrons. The van der Waals surface area contributed by atoms with Crippen LogP contribution in [0.25, 0.3) is 55.5 Å². The van der Waals surface area contributed by atoms with E-state index in [-0.39, 0.29) is 11.0 Å². The van der Waals surface area contributed by atoms with E-state index in [2.05, 4.69) is 204 Å². The van der Waals surface area contributed by atoms with Crippen LogP contribution in [-0.2, 0) is 11.0 Å². The van der Waals surface area contributed by atoms with Crippen LogP contribution in [0.2, 0.25) is 0 Å². The van der Waals surface area contributed by atoms with E-state index in [1.165, 1.54) is 60.7 Å². The molecule has 0 bridgehead atoms. The third-order valence-corrected chi connectivity index (χ3v) is 11.2. The zero-order chi connectivity index (χ0) is 37.2. The van der Waals surface area contributed by atoms with Crippen LogP contribution in [0.4, 0.5) is 0 Å². The van der Waals surface area contributed by atoms with E-state index in [9.17, 15) is 0 Å². The summed E-state index contributed by atoms with van der Waals surface area (Å²) in [6.45, 7) is 20.6. The Balaban J connectivity index is 1.28. The zero-order valence-corrected chi connectivity index (χ0v) is 32.6. The Labute approximate surface area is 314 Å². The van der Waals surface area contributed by atoms with Gasteiger partial charge in [0, 0.05) is 22.4 Å². The summed E-state index contributed by atoms with van der Waals surface area (Å²) in [5.74, 6) is 1.75. The third-order valence-electron chi connectivity index (χ3n) is 11.2. The largest absolute Gasteiger partial charge is 0.294 e. The quantitative estimate of drug-likeness (QED) is 0.152. The summed E-state index contributed by atoms with van der Waals surface area (Å²) in [4.78, 5) is 5.05. The summed E-state index contributed by atoms with van der Waals surface area (Å²) >= 11 is 0. The number of para-hydroxylation sites is 3. The fourth-order valence-electron chi connectivity index (χ4n) is 8.25. The molecule has 0 fully saturated rings. The van der Waals surface area contributed by atoms with E-state index in [1.807, 2.05) is 6.20 Å². The minimum atomic E-state index is -0.272. The van der Waals surface area contributed by atoms with Gasteiger partial charge in [-0.3, -0.25) is 4.57 Å². The highest BCUT2D eigenvalue weighted by Crippen LogP contribution is 2.40. The highest BCUT2D eigenvalue weighted by atomic mass is 15.2. The maximum absolute atomic E-state index is 5.05. The predicted octanol–water partition coefficient (Wildman–Crippen LogP) is 12.4. The molecule has 8 aromatic rings. The van der Waals surface area contributed by atoms with Gasteiger partial charge in [-0.15, -0.1) is 0 Å². The van der Waals surface area contributed by atoms with Gasteiger partial charge in [0.1, 0.15) is 17.0 Å². The van der Waals surface area contributed by atoms with Gasteiger partial charge in [0.2, 0.25) is 6.33 Å². The molecule has 5 aromatic carbocycles. The van der Waals surface area contributed by atoms with E-state index in [0.717, 1.165) is 17.0 Å². The van der Waals surface area contributed by atoms with Crippen molar-refractivity contribution in [2.75, 3.05) is 0 Å². The highest BCUT2D eigenvalue weighted by Gasteiger charge is 2.29. The lowest BCUT2D eigenvalue weighted by Gasteiger charge is -2.26. The molecule has 0 spiro atoms. The Morgan fingerprint density at radius 2 is 1.23 bits per heavy atom. The van der Waals surface area contributed by atoms with E-state index >= 15 is 0 Å². The molecule has 0 aliphatic rings. The van der Waals surface area contributed by atoms with Crippen molar-refractivity contribution in [3.63, 3.8) is 0 Å². The number of benzene rings is 5. The van der Waals surface area contributed by atoms with Crippen LogP contribution < -0.4 is 4.57 Å². The van der Waals surface area contributed by atoms with Crippen LogP contribution in [0.3, 0.4) is 0 Å². The van der Waals surface area contributed by atoms with Crippen LogP contribution in [0.5, 0.6) is 0 Å². The van der Waals surface area contributed by atoms with Gasteiger partial charge < -0.3 is 0 Å². The Kier molecular flexibility index (Phi) is 8.41. The number of pyridine rings is 1. The van der Waals surface area contributed by atoms with Crippen molar-refractivity contribution >= 4 is 32.8 Å². The topological polar surface area (TPSA) is 26.6 Å². The molecular weight excluding hydrogens is 645 g/mol. The second kappa shape index (κ2) is 12.9. The minimum Gasteiger partial charge on any atom is -0.294 e. The van der Waals surface area contributed by atoms with Crippen LogP contribution in [-0.4, -0.2) is 14.1 Å². The number of aromatic nitrogens is 4. The Morgan fingerprint density at radius 3 is 1.94 bits per heavy atom. The lowest BCUT2D eigenvalue weighted by Crippen LogP contribution is -2.49. The zero-order valence-electron chi connectivity index (χ0n) is 32.6. The first-order chi connectivity index (χ1) is 25.3. The van der Waals surface area contributed by atoms with Gasteiger partial charge in [-0.1, -0.05) is 114 Å². The molecule has 3 heterocycles. The number of imidazole rings is 1. The standard InChI is InChI=1S/C49H51N4/c1-32(2)38-19-15-20-39(33(3)4)47(38)34-26-27-50-46(28-34)53-42-21-11-10-18-40(42)41-25-24-36(30-45(41)53)49(8,9)35-16-14-17-37(29-35)51-31-52(48(5,6)7)44-23-13-12-22-43(44)51/h10-33H,1-9H3/q+1. The van der Waals surface area contributed by atoms with Gasteiger partial charge in [0.25, 0.3) is 0 Å². The van der Waals surface area contributed by atoms with Gasteiger partial charge in [0.05, 0.1) is 11.0 Å². The molecule has 0 saturated carbocycles. The number of hydrogen-bond acceptors (Lipinski definition) is 1.